The van der Waals surface area contributed by atoms with Gasteiger partial charge in [0.25, 0.3) is 5.91 Å². The van der Waals surface area contributed by atoms with E-state index >= 15 is 0 Å². The highest BCUT2D eigenvalue weighted by atomic mass is 16.5. The third-order valence-corrected chi connectivity index (χ3v) is 6.55. The molecule has 38 heavy (non-hydrogen) atoms. The monoisotopic (exact) mass is 510 g/mol. The average molecular weight is 511 g/mol. The summed E-state index contributed by atoms with van der Waals surface area (Å²) in [5.74, 6) is 1.33. The smallest absolute Gasteiger partial charge is 0.254 e. The number of aromatic nitrogens is 2. The van der Waals surface area contributed by atoms with Crippen molar-refractivity contribution >= 4 is 17.8 Å². The molecule has 5 rings (SSSR count). The Hall–Kier alpha value is -4.59. The lowest BCUT2D eigenvalue weighted by Gasteiger charge is -2.22. The Kier molecular flexibility index (Phi) is 7.13. The SMILES string of the molecule is COc1ccc(C(=O)N(CC(=O)Nc2nc(-c3ccc(OC)cc3)cn2-c2ccc(C)cc2)C2CC2)cc1. The van der Waals surface area contributed by atoms with E-state index in [1.807, 2.05) is 66.2 Å². The molecule has 194 valence electrons. The summed E-state index contributed by atoms with van der Waals surface area (Å²) in [6, 6.07) is 22.6. The Morgan fingerprint density at radius 1 is 0.921 bits per heavy atom. The molecule has 0 bridgehead atoms. The van der Waals surface area contributed by atoms with Crippen LogP contribution >= 0.6 is 0 Å². The molecular formula is C30H30N4O4. The van der Waals surface area contributed by atoms with Crippen LogP contribution in [0.1, 0.15) is 28.8 Å². The number of hydrogen-bond acceptors (Lipinski definition) is 5. The van der Waals surface area contributed by atoms with Gasteiger partial charge < -0.3 is 14.4 Å². The van der Waals surface area contributed by atoms with Gasteiger partial charge in [0.2, 0.25) is 11.9 Å². The van der Waals surface area contributed by atoms with Crippen molar-refractivity contribution in [1.29, 1.82) is 0 Å². The highest BCUT2D eigenvalue weighted by Crippen LogP contribution is 2.29. The van der Waals surface area contributed by atoms with E-state index in [-0.39, 0.29) is 24.4 Å². The largest absolute Gasteiger partial charge is 0.497 e. The molecule has 1 aliphatic carbocycles. The summed E-state index contributed by atoms with van der Waals surface area (Å²) in [7, 11) is 3.21. The average Bonchev–Trinajstić information content (AvgIpc) is 3.71. The minimum atomic E-state index is -0.306. The summed E-state index contributed by atoms with van der Waals surface area (Å²) in [5, 5.41) is 2.95. The van der Waals surface area contributed by atoms with Crippen molar-refractivity contribution in [3.63, 3.8) is 0 Å². The second-order valence-electron chi connectivity index (χ2n) is 9.32. The summed E-state index contributed by atoms with van der Waals surface area (Å²) >= 11 is 0. The summed E-state index contributed by atoms with van der Waals surface area (Å²) in [6.07, 6.45) is 3.66. The molecule has 8 nitrogen and oxygen atoms in total. The lowest BCUT2D eigenvalue weighted by atomic mass is 10.1. The van der Waals surface area contributed by atoms with Gasteiger partial charge in [-0.3, -0.25) is 19.5 Å². The fourth-order valence-electron chi connectivity index (χ4n) is 4.24. The van der Waals surface area contributed by atoms with E-state index in [1.165, 1.54) is 0 Å². The van der Waals surface area contributed by atoms with Crippen molar-refractivity contribution in [2.45, 2.75) is 25.8 Å². The van der Waals surface area contributed by atoms with Crippen LogP contribution in [-0.4, -0.2) is 53.1 Å². The van der Waals surface area contributed by atoms with Crippen molar-refractivity contribution in [1.82, 2.24) is 14.5 Å². The number of imidazole rings is 1. The zero-order valence-electron chi connectivity index (χ0n) is 21.7. The Morgan fingerprint density at radius 2 is 1.53 bits per heavy atom. The van der Waals surface area contributed by atoms with E-state index in [0.717, 1.165) is 35.4 Å². The van der Waals surface area contributed by atoms with Gasteiger partial charge in [-0.15, -0.1) is 0 Å². The highest BCUT2D eigenvalue weighted by Gasteiger charge is 2.34. The zero-order valence-corrected chi connectivity index (χ0v) is 21.7. The lowest BCUT2D eigenvalue weighted by molar-refractivity contribution is -0.117. The first-order chi connectivity index (χ1) is 18.4. The number of rotatable bonds is 9. The molecule has 2 amide bonds. The van der Waals surface area contributed by atoms with Gasteiger partial charge in [0.05, 0.1) is 19.9 Å². The maximum absolute atomic E-state index is 13.3. The third-order valence-electron chi connectivity index (χ3n) is 6.55. The van der Waals surface area contributed by atoms with Crippen LogP contribution in [0.15, 0.2) is 79.0 Å². The third kappa shape index (κ3) is 5.54. The molecule has 8 heteroatoms. The number of carbonyl (C=O) groups excluding carboxylic acids is 2. The van der Waals surface area contributed by atoms with Crippen LogP contribution in [0.4, 0.5) is 5.95 Å². The normalized spacial score (nSPS) is 12.6. The maximum atomic E-state index is 13.3. The summed E-state index contributed by atoms with van der Waals surface area (Å²) < 4.78 is 12.3. The number of ether oxygens (including phenoxy) is 2. The van der Waals surface area contributed by atoms with Gasteiger partial charge in [0.15, 0.2) is 0 Å². The molecular weight excluding hydrogens is 480 g/mol. The number of nitrogens with zero attached hydrogens (tertiary/aromatic N) is 3. The number of methoxy groups -OCH3 is 2. The van der Waals surface area contributed by atoms with E-state index in [1.54, 1.807) is 43.4 Å². The topological polar surface area (TPSA) is 85.7 Å². The van der Waals surface area contributed by atoms with Gasteiger partial charge >= 0.3 is 0 Å². The molecule has 1 aliphatic rings. The molecule has 0 spiro atoms. The van der Waals surface area contributed by atoms with Crippen LogP contribution in [0.2, 0.25) is 0 Å². The number of hydrogen-bond donors (Lipinski definition) is 1. The van der Waals surface area contributed by atoms with Crippen LogP contribution in [0.25, 0.3) is 16.9 Å². The molecule has 1 aromatic heterocycles. The maximum Gasteiger partial charge on any atom is 0.254 e. The van der Waals surface area contributed by atoms with Crippen LogP contribution in [-0.2, 0) is 4.79 Å². The molecule has 0 unspecified atom stereocenters. The standard InChI is InChI=1S/C30H30N4O4/c1-20-4-10-24(11-5-20)34-18-27(21-6-14-25(37-2)15-7-21)31-30(34)32-28(35)19-33(23-12-13-23)29(36)22-8-16-26(38-3)17-9-22/h4-11,14-18,23H,12-13,19H2,1-3H3,(H,31,32,35). The van der Waals surface area contributed by atoms with Gasteiger partial charge in [-0.05, 0) is 80.4 Å². The van der Waals surface area contributed by atoms with Crippen molar-refractivity contribution < 1.29 is 19.1 Å². The molecule has 1 saturated carbocycles. The zero-order chi connectivity index (χ0) is 26.6. The van der Waals surface area contributed by atoms with E-state index in [2.05, 4.69) is 5.32 Å². The van der Waals surface area contributed by atoms with Crippen LogP contribution in [0.3, 0.4) is 0 Å². The second kappa shape index (κ2) is 10.8. The Balaban J connectivity index is 1.39. The minimum absolute atomic E-state index is 0.0575. The molecule has 1 fully saturated rings. The first-order valence-electron chi connectivity index (χ1n) is 12.5. The van der Waals surface area contributed by atoms with Crippen LogP contribution < -0.4 is 14.8 Å². The van der Waals surface area contributed by atoms with Gasteiger partial charge in [-0.25, -0.2) is 4.98 Å². The number of benzene rings is 3. The molecule has 1 N–H and O–H groups in total. The molecule has 0 atom stereocenters. The van der Waals surface area contributed by atoms with Crippen molar-refractivity contribution in [3.8, 4) is 28.4 Å². The number of carbonyl (C=O) groups is 2. The molecule has 0 saturated heterocycles. The van der Waals surface area contributed by atoms with Crippen LogP contribution in [0.5, 0.6) is 11.5 Å². The number of nitrogens with one attached hydrogen (secondary N) is 1. The Bertz CT molecular complexity index is 1420. The van der Waals surface area contributed by atoms with Gasteiger partial charge in [-0.1, -0.05) is 17.7 Å². The van der Waals surface area contributed by atoms with Crippen molar-refractivity contribution in [2.75, 3.05) is 26.1 Å². The predicted octanol–water partition coefficient (Wildman–Crippen LogP) is 5.11. The summed E-state index contributed by atoms with van der Waals surface area (Å²) in [6.45, 7) is 1.96. The molecule has 0 aliphatic heterocycles. The molecule has 4 aromatic rings. The summed E-state index contributed by atoms with van der Waals surface area (Å²) in [5.41, 5.74) is 4.12. The number of aryl methyl sites for hydroxylation is 1. The lowest BCUT2D eigenvalue weighted by Crippen LogP contribution is -2.39. The Labute approximate surface area is 221 Å². The number of amides is 2. The van der Waals surface area contributed by atoms with E-state index < -0.39 is 0 Å². The fraction of sp³-hybridized carbons (Fsp3) is 0.233. The Morgan fingerprint density at radius 3 is 2.11 bits per heavy atom. The minimum Gasteiger partial charge on any atom is -0.497 e. The fourth-order valence-corrected chi connectivity index (χ4v) is 4.24. The molecule has 1 heterocycles. The molecule has 0 radical (unpaired) electrons. The molecule has 3 aromatic carbocycles. The van der Waals surface area contributed by atoms with Gasteiger partial charge in [0, 0.05) is 29.1 Å². The van der Waals surface area contributed by atoms with Gasteiger partial charge in [-0.2, -0.15) is 0 Å². The number of anilines is 1. The quantitative estimate of drug-likeness (QED) is 0.338. The first kappa shape index (κ1) is 25.1. The van der Waals surface area contributed by atoms with E-state index in [4.69, 9.17) is 14.5 Å². The highest BCUT2D eigenvalue weighted by molar-refractivity contribution is 5.99. The van der Waals surface area contributed by atoms with Crippen molar-refractivity contribution in [2.24, 2.45) is 0 Å². The van der Waals surface area contributed by atoms with E-state index in [9.17, 15) is 9.59 Å². The van der Waals surface area contributed by atoms with Crippen molar-refractivity contribution in [3.05, 3.63) is 90.1 Å². The summed E-state index contributed by atoms with van der Waals surface area (Å²) in [4.78, 5) is 32.9. The van der Waals surface area contributed by atoms with E-state index in [0.29, 0.717) is 23.0 Å². The van der Waals surface area contributed by atoms with Gasteiger partial charge in [0.1, 0.15) is 18.0 Å². The van der Waals surface area contributed by atoms with Crippen LogP contribution in [0, 0.1) is 6.92 Å². The predicted molar refractivity (Wildman–Crippen MR) is 146 cm³/mol. The first-order valence-corrected chi connectivity index (χ1v) is 12.5. The second-order valence-corrected chi connectivity index (χ2v) is 9.32.